The first-order chi connectivity index (χ1) is 20.4. The Morgan fingerprint density at radius 2 is 0.477 bits per heavy atom. The third-order valence-electron chi connectivity index (χ3n) is 6.59. The SMILES string of the molecule is CC(C)c1cn(C(C)C)nn1.CC(C)c1cn(C(C)C)nn1.CC(C)c1cn(C(C)C)nn1.CC(C)c1cn(C(C)C)nn1. The minimum atomic E-state index is 0.412. The Hall–Kier alpha value is -3.44. The number of aromatic nitrogens is 12. The van der Waals surface area contributed by atoms with Gasteiger partial charge in [-0.25, -0.2) is 18.7 Å². The molecule has 0 N–H and O–H groups in total. The summed E-state index contributed by atoms with van der Waals surface area (Å²) in [5.41, 5.74) is 4.27. The van der Waals surface area contributed by atoms with Crippen molar-refractivity contribution in [3.63, 3.8) is 0 Å². The topological polar surface area (TPSA) is 123 Å². The van der Waals surface area contributed by atoms with E-state index < -0.39 is 0 Å². The number of nitrogens with zero attached hydrogens (tertiary/aromatic N) is 12. The maximum absolute atomic E-state index is 4.05. The first-order valence-electron chi connectivity index (χ1n) is 16.1. The van der Waals surface area contributed by atoms with Gasteiger partial charge in [0.2, 0.25) is 0 Å². The minimum Gasteiger partial charge on any atom is -0.250 e. The molecule has 0 saturated heterocycles. The molecule has 248 valence electrons. The highest BCUT2D eigenvalue weighted by Crippen LogP contribution is 2.14. The molecular weight excluding hydrogens is 552 g/mol. The maximum Gasteiger partial charge on any atom is 0.0852 e. The van der Waals surface area contributed by atoms with E-state index in [-0.39, 0.29) is 0 Å². The fourth-order valence-corrected chi connectivity index (χ4v) is 3.23. The van der Waals surface area contributed by atoms with E-state index in [1.165, 1.54) is 0 Å². The number of hydrogen-bond donors (Lipinski definition) is 0. The zero-order valence-electron chi connectivity index (χ0n) is 30.3. The molecule has 0 unspecified atom stereocenters. The van der Waals surface area contributed by atoms with Gasteiger partial charge in [0.25, 0.3) is 0 Å². The van der Waals surface area contributed by atoms with E-state index in [4.69, 9.17) is 0 Å². The molecule has 4 aromatic heterocycles. The molecule has 4 rings (SSSR count). The molecule has 0 radical (unpaired) electrons. The van der Waals surface area contributed by atoms with Gasteiger partial charge in [-0.1, -0.05) is 76.2 Å². The number of rotatable bonds is 8. The second-order valence-corrected chi connectivity index (χ2v) is 13.5. The lowest BCUT2D eigenvalue weighted by atomic mass is 10.2. The monoisotopic (exact) mass is 613 g/mol. The molecule has 12 heteroatoms. The molecule has 0 bridgehead atoms. The van der Waals surface area contributed by atoms with Gasteiger partial charge in [0, 0.05) is 49.0 Å². The predicted molar refractivity (Wildman–Crippen MR) is 178 cm³/mol. The quantitative estimate of drug-likeness (QED) is 0.196. The van der Waals surface area contributed by atoms with Crippen molar-refractivity contribution in [1.82, 2.24) is 60.0 Å². The fourth-order valence-electron chi connectivity index (χ4n) is 3.23. The Morgan fingerprint density at radius 1 is 0.318 bits per heavy atom. The van der Waals surface area contributed by atoms with E-state index in [0.717, 1.165) is 22.8 Å². The van der Waals surface area contributed by atoms with Crippen LogP contribution in [0.25, 0.3) is 0 Å². The van der Waals surface area contributed by atoms with Crippen molar-refractivity contribution in [2.45, 2.75) is 159 Å². The summed E-state index contributed by atoms with van der Waals surface area (Å²) in [4.78, 5) is 0. The first kappa shape index (κ1) is 38.6. The largest absolute Gasteiger partial charge is 0.250 e. The molecule has 0 saturated carbocycles. The van der Waals surface area contributed by atoms with Crippen LogP contribution < -0.4 is 0 Å². The normalized spacial score (nSPS) is 11.5. The van der Waals surface area contributed by atoms with Crippen LogP contribution in [-0.4, -0.2) is 60.0 Å². The smallest absolute Gasteiger partial charge is 0.0852 e. The van der Waals surface area contributed by atoms with Gasteiger partial charge in [-0.3, -0.25) is 0 Å². The second kappa shape index (κ2) is 18.4. The van der Waals surface area contributed by atoms with Crippen molar-refractivity contribution in [2.75, 3.05) is 0 Å². The van der Waals surface area contributed by atoms with Crippen molar-refractivity contribution < 1.29 is 0 Å². The molecule has 0 fully saturated rings. The van der Waals surface area contributed by atoms with Gasteiger partial charge in [0.15, 0.2) is 0 Å². The molecule has 4 heterocycles. The molecule has 0 aliphatic heterocycles. The third kappa shape index (κ3) is 13.1. The van der Waals surface area contributed by atoms with Crippen LogP contribution in [-0.2, 0) is 0 Å². The summed E-state index contributed by atoms with van der Waals surface area (Å²) >= 11 is 0. The van der Waals surface area contributed by atoms with Gasteiger partial charge in [0.1, 0.15) is 0 Å². The summed E-state index contributed by atoms with van der Waals surface area (Å²) in [5.74, 6) is 1.90. The third-order valence-corrected chi connectivity index (χ3v) is 6.59. The summed E-state index contributed by atoms with van der Waals surface area (Å²) in [7, 11) is 0. The van der Waals surface area contributed by atoms with Crippen molar-refractivity contribution in [3.8, 4) is 0 Å². The van der Waals surface area contributed by atoms with Crippen LogP contribution in [0, 0.1) is 0 Å². The van der Waals surface area contributed by atoms with Crippen LogP contribution in [0.1, 0.15) is 181 Å². The fraction of sp³-hybridized carbons (Fsp3) is 0.750. The predicted octanol–water partition coefficient (Wildman–Crippen LogP) is 7.93. The summed E-state index contributed by atoms with van der Waals surface area (Å²) in [6.45, 7) is 33.7. The average Bonchev–Trinajstić information content (AvgIpc) is 3.76. The summed E-state index contributed by atoms with van der Waals surface area (Å²) < 4.78 is 7.54. The van der Waals surface area contributed by atoms with Crippen molar-refractivity contribution in [2.24, 2.45) is 0 Å². The van der Waals surface area contributed by atoms with E-state index >= 15 is 0 Å². The Kier molecular flexibility index (Phi) is 16.1. The Balaban J connectivity index is 0.000000293. The van der Waals surface area contributed by atoms with E-state index in [2.05, 4.69) is 152 Å². The molecule has 44 heavy (non-hydrogen) atoms. The number of hydrogen-bond acceptors (Lipinski definition) is 8. The van der Waals surface area contributed by atoms with Crippen LogP contribution in [0.15, 0.2) is 24.8 Å². The zero-order chi connectivity index (χ0) is 33.7. The second-order valence-electron chi connectivity index (χ2n) is 13.5. The lowest BCUT2D eigenvalue weighted by molar-refractivity contribution is 0.514. The molecular formula is C32H60N12. The Bertz CT molecular complexity index is 1010. The van der Waals surface area contributed by atoms with E-state index in [1.807, 2.05) is 43.5 Å². The van der Waals surface area contributed by atoms with Gasteiger partial charge in [-0.15, -0.1) is 20.4 Å². The molecule has 0 atom stereocenters. The summed E-state index contributed by atoms with van der Waals surface area (Å²) in [6, 6.07) is 1.65. The van der Waals surface area contributed by atoms with Gasteiger partial charge in [-0.05, 0) is 79.1 Å². The molecule has 12 nitrogen and oxygen atoms in total. The Labute approximate surface area is 266 Å². The molecule has 0 aromatic carbocycles. The van der Waals surface area contributed by atoms with Crippen molar-refractivity contribution in [3.05, 3.63) is 47.6 Å². The van der Waals surface area contributed by atoms with Crippen molar-refractivity contribution in [1.29, 1.82) is 0 Å². The van der Waals surface area contributed by atoms with Crippen LogP contribution >= 0.6 is 0 Å². The summed E-state index contributed by atoms with van der Waals surface area (Å²) in [5, 5.41) is 32.2. The van der Waals surface area contributed by atoms with Gasteiger partial charge < -0.3 is 0 Å². The molecule has 0 spiro atoms. The highest BCUT2D eigenvalue weighted by atomic mass is 15.4. The minimum absolute atomic E-state index is 0.412. The standard InChI is InChI=1S/4C8H15N3/c4*1-6(2)8-5-11(7(3)4)10-9-8/h4*5-7H,1-4H3. The van der Waals surface area contributed by atoms with E-state index in [0.29, 0.717) is 47.8 Å². The lowest BCUT2D eigenvalue weighted by Gasteiger charge is -2.01. The molecule has 0 amide bonds. The zero-order valence-corrected chi connectivity index (χ0v) is 30.3. The van der Waals surface area contributed by atoms with Crippen LogP contribution in [0.3, 0.4) is 0 Å². The molecule has 0 aliphatic carbocycles. The van der Waals surface area contributed by atoms with Crippen LogP contribution in [0.2, 0.25) is 0 Å². The molecule has 0 aliphatic rings. The van der Waals surface area contributed by atoms with E-state index in [9.17, 15) is 0 Å². The Morgan fingerprint density at radius 3 is 0.545 bits per heavy atom. The van der Waals surface area contributed by atoms with Gasteiger partial charge in [0.05, 0.1) is 22.8 Å². The molecule has 4 aromatic rings. The highest BCUT2D eigenvalue weighted by Gasteiger charge is 2.08. The summed E-state index contributed by atoms with van der Waals surface area (Å²) in [6.07, 6.45) is 8.04. The van der Waals surface area contributed by atoms with Crippen molar-refractivity contribution >= 4 is 0 Å². The van der Waals surface area contributed by atoms with Gasteiger partial charge in [-0.2, -0.15) is 0 Å². The van der Waals surface area contributed by atoms with Crippen LogP contribution in [0.4, 0.5) is 0 Å². The van der Waals surface area contributed by atoms with Crippen LogP contribution in [0.5, 0.6) is 0 Å². The highest BCUT2D eigenvalue weighted by molar-refractivity contribution is 5.00. The lowest BCUT2D eigenvalue weighted by Crippen LogP contribution is -2.00. The maximum atomic E-state index is 4.05. The van der Waals surface area contributed by atoms with Gasteiger partial charge >= 0.3 is 0 Å². The average molecular weight is 613 g/mol. The van der Waals surface area contributed by atoms with E-state index in [1.54, 1.807) is 0 Å². The first-order valence-corrected chi connectivity index (χ1v) is 16.1.